The number of rotatable bonds is 6. The number of hydrogen-bond donors (Lipinski definition) is 2. The third-order valence-electron chi connectivity index (χ3n) is 1.50. The maximum Gasteiger partial charge on any atom is 0.325 e. The van der Waals surface area contributed by atoms with Crippen molar-refractivity contribution in [3.63, 3.8) is 0 Å². The largest absolute Gasteiger partial charge is 0.756 e. The first-order valence-corrected chi connectivity index (χ1v) is 6.87. The Kier molecular flexibility index (Phi) is 11.9. The van der Waals surface area contributed by atoms with E-state index in [0.29, 0.717) is 0 Å². The Bertz CT molecular complexity index is 369. The van der Waals surface area contributed by atoms with E-state index in [9.17, 15) is 19.0 Å². The van der Waals surface area contributed by atoms with Gasteiger partial charge in [-0.15, -0.1) is 0 Å². The second kappa shape index (κ2) is 11.4. The van der Waals surface area contributed by atoms with Gasteiger partial charge >= 0.3 is 5.97 Å². The van der Waals surface area contributed by atoms with Gasteiger partial charge in [0.2, 0.25) is 5.91 Å². The Labute approximate surface area is 117 Å². The van der Waals surface area contributed by atoms with Crippen molar-refractivity contribution >= 4 is 19.7 Å². The minimum Gasteiger partial charge on any atom is -0.756 e. The molecule has 0 aliphatic heterocycles. The summed E-state index contributed by atoms with van der Waals surface area (Å²) in [4.78, 5) is 31.5. The van der Waals surface area contributed by atoms with Crippen LogP contribution in [0.25, 0.3) is 0 Å². The van der Waals surface area contributed by atoms with Gasteiger partial charge in [0.15, 0.2) is 0 Å². The van der Waals surface area contributed by atoms with Crippen LogP contribution in [-0.2, 0) is 27.9 Å². The predicted molar refractivity (Wildman–Crippen MR) is 67.7 cm³/mol. The molecule has 0 saturated heterocycles. The van der Waals surface area contributed by atoms with Crippen molar-refractivity contribution in [1.82, 2.24) is 5.32 Å². The molecule has 0 aromatic rings. The first-order valence-electron chi connectivity index (χ1n) is 5.41. The summed E-state index contributed by atoms with van der Waals surface area (Å²) in [6.07, 6.45) is 0.985. The molecule has 9 nitrogen and oxygen atoms in total. The van der Waals surface area contributed by atoms with E-state index in [-0.39, 0.29) is 18.9 Å². The van der Waals surface area contributed by atoms with Crippen LogP contribution in [0.4, 0.5) is 0 Å². The number of carbonyl (C=O) groups is 2. The summed E-state index contributed by atoms with van der Waals surface area (Å²) in [5, 5.41) is 10.9. The van der Waals surface area contributed by atoms with Crippen molar-refractivity contribution in [1.29, 1.82) is 0 Å². The minimum atomic E-state index is -3.90. The summed E-state index contributed by atoms with van der Waals surface area (Å²) in [5.74, 6) is -1.13. The van der Waals surface area contributed by atoms with Crippen LogP contribution in [0.3, 0.4) is 0 Å². The normalized spacial score (nSPS) is 11.2. The second-order valence-electron chi connectivity index (χ2n) is 3.12. The second-order valence-corrected chi connectivity index (χ2v) is 4.75. The Morgan fingerprint density at radius 1 is 1.35 bits per heavy atom. The highest BCUT2D eigenvalue weighted by Crippen LogP contribution is 2.34. The SMILES string of the molecule is CCOC(=O)CNC(=O)/C=C(\C)O.COP(=O)([O-])OC. The van der Waals surface area contributed by atoms with Crippen LogP contribution in [-0.4, -0.2) is 44.4 Å². The lowest BCUT2D eigenvalue weighted by Crippen LogP contribution is -2.29. The Morgan fingerprint density at radius 3 is 2.15 bits per heavy atom. The molecule has 0 aliphatic rings. The van der Waals surface area contributed by atoms with Crippen molar-refractivity contribution in [2.75, 3.05) is 27.4 Å². The molecule has 0 fully saturated rings. The fourth-order valence-corrected chi connectivity index (χ4v) is 0.836. The number of phosphoric ester groups is 1. The Balaban J connectivity index is 0. The molecule has 0 aromatic heterocycles. The monoisotopic (exact) mass is 312 g/mol. The molecule has 0 heterocycles. The minimum absolute atomic E-state index is 0.110. The third-order valence-corrected chi connectivity index (χ3v) is 2.39. The molecular weight excluding hydrogens is 293 g/mol. The molecule has 10 heteroatoms. The van der Waals surface area contributed by atoms with Crippen molar-refractivity contribution in [2.45, 2.75) is 13.8 Å². The summed E-state index contributed by atoms with van der Waals surface area (Å²) < 4.78 is 22.2. The molecule has 0 spiro atoms. The van der Waals surface area contributed by atoms with Gasteiger partial charge in [0.1, 0.15) is 6.54 Å². The fourth-order valence-electron chi connectivity index (χ4n) is 0.687. The van der Waals surface area contributed by atoms with Gasteiger partial charge in [-0.05, 0) is 13.8 Å². The van der Waals surface area contributed by atoms with Crippen LogP contribution in [0, 0.1) is 0 Å². The van der Waals surface area contributed by atoms with Crippen molar-refractivity contribution in [2.24, 2.45) is 0 Å². The van der Waals surface area contributed by atoms with Crippen molar-refractivity contribution in [3.8, 4) is 0 Å². The van der Waals surface area contributed by atoms with Gasteiger partial charge in [0.05, 0.1) is 12.4 Å². The van der Waals surface area contributed by atoms with Crippen LogP contribution >= 0.6 is 7.82 Å². The molecule has 2 N–H and O–H groups in total. The highest BCUT2D eigenvalue weighted by molar-refractivity contribution is 7.45. The summed E-state index contributed by atoms with van der Waals surface area (Å²) in [5.41, 5.74) is 0. The van der Waals surface area contributed by atoms with Gasteiger partial charge in [0.25, 0.3) is 7.82 Å². The molecule has 0 atom stereocenters. The van der Waals surface area contributed by atoms with E-state index >= 15 is 0 Å². The molecule has 20 heavy (non-hydrogen) atoms. The van der Waals surface area contributed by atoms with Gasteiger partial charge in [-0.25, -0.2) is 0 Å². The zero-order valence-corrected chi connectivity index (χ0v) is 12.6. The molecule has 0 radical (unpaired) electrons. The first kappa shape index (κ1) is 20.9. The molecule has 0 unspecified atom stereocenters. The van der Waals surface area contributed by atoms with E-state index in [1.165, 1.54) is 6.92 Å². The van der Waals surface area contributed by atoms with Crippen molar-refractivity contribution < 1.29 is 37.9 Å². The molecular formula is C10H19NO8P-. The van der Waals surface area contributed by atoms with Gasteiger partial charge in [-0.2, -0.15) is 0 Å². The number of amides is 1. The number of allylic oxidation sites excluding steroid dienone is 1. The highest BCUT2D eigenvalue weighted by atomic mass is 31.2. The number of phosphoric acid groups is 1. The number of hydrogen-bond acceptors (Lipinski definition) is 8. The Hall–Kier alpha value is -1.41. The number of carbonyl (C=O) groups excluding carboxylic acids is 2. The van der Waals surface area contributed by atoms with E-state index in [2.05, 4.69) is 19.1 Å². The van der Waals surface area contributed by atoms with Crippen LogP contribution in [0.2, 0.25) is 0 Å². The standard InChI is InChI=1S/C8H13NO4.C2H7O4P/c1-3-13-8(12)5-9-7(11)4-6(2)10;1-5-7(3,4)6-2/h4,10H,3,5H2,1-2H3,(H,9,11);1-2H3,(H,3,4)/p-1/b6-4+;. The van der Waals surface area contributed by atoms with Crippen LogP contribution in [0.1, 0.15) is 13.8 Å². The molecule has 0 aliphatic carbocycles. The van der Waals surface area contributed by atoms with Gasteiger partial charge in [0, 0.05) is 20.3 Å². The molecule has 1 amide bonds. The van der Waals surface area contributed by atoms with E-state index in [1.54, 1.807) is 6.92 Å². The Morgan fingerprint density at radius 2 is 1.85 bits per heavy atom. The maximum atomic E-state index is 10.8. The first-order chi connectivity index (χ1) is 9.18. The molecule has 118 valence electrons. The van der Waals surface area contributed by atoms with Gasteiger partial charge < -0.3 is 29.1 Å². The van der Waals surface area contributed by atoms with E-state index in [0.717, 1.165) is 20.3 Å². The quantitative estimate of drug-likeness (QED) is 0.300. The lowest BCUT2D eigenvalue weighted by Gasteiger charge is -2.16. The van der Waals surface area contributed by atoms with E-state index in [4.69, 9.17) is 5.11 Å². The average Bonchev–Trinajstić information content (AvgIpc) is 2.37. The van der Waals surface area contributed by atoms with Crippen LogP contribution in [0.5, 0.6) is 0 Å². The molecule has 0 bridgehead atoms. The van der Waals surface area contributed by atoms with Crippen LogP contribution < -0.4 is 10.2 Å². The number of ether oxygens (including phenoxy) is 1. The summed E-state index contributed by atoms with van der Waals surface area (Å²) in [6, 6.07) is 0. The summed E-state index contributed by atoms with van der Waals surface area (Å²) in [7, 11) is -1.83. The van der Waals surface area contributed by atoms with Gasteiger partial charge in [-0.3, -0.25) is 14.2 Å². The van der Waals surface area contributed by atoms with E-state index < -0.39 is 19.7 Å². The average molecular weight is 312 g/mol. The summed E-state index contributed by atoms with van der Waals surface area (Å²) >= 11 is 0. The summed E-state index contributed by atoms with van der Waals surface area (Å²) in [6.45, 7) is 3.14. The van der Waals surface area contributed by atoms with Gasteiger partial charge in [-0.1, -0.05) is 0 Å². The van der Waals surface area contributed by atoms with Crippen LogP contribution in [0.15, 0.2) is 11.8 Å². The van der Waals surface area contributed by atoms with E-state index in [1.807, 2.05) is 0 Å². The van der Waals surface area contributed by atoms with Crippen molar-refractivity contribution in [3.05, 3.63) is 11.8 Å². The zero-order valence-electron chi connectivity index (χ0n) is 11.7. The molecule has 0 saturated carbocycles. The lowest BCUT2D eigenvalue weighted by molar-refractivity contribution is -0.220. The maximum absolute atomic E-state index is 10.8. The highest BCUT2D eigenvalue weighted by Gasteiger charge is 2.03. The predicted octanol–water partition coefficient (Wildman–Crippen LogP) is -0.125. The fraction of sp³-hybridized carbons (Fsp3) is 0.600. The molecule has 0 rings (SSSR count). The number of esters is 1. The zero-order chi connectivity index (χ0) is 16.2. The smallest absolute Gasteiger partial charge is 0.325 e. The topological polar surface area (TPSA) is 134 Å². The number of aliphatic hydroxyl groups excluding tert-OH is 1. The molecule has 0 aromatic carbocycles. The third kappa shape index (κ3) is 14.7. The lowest BCUT2D eigenvalue weighted by atomic mass is 10.4. The number of nitrogens with one attached hydrogen (secondary N) is 1. The number of aliphatic hydroxyl groups is 1.